The highest BCUT2D eigenvalue weighted by molar-refractivity contribution is 6.09. The first-order chi connectivity index (χ1) is 28.0. The molecule has 6 atom stereocenters. The van der Waals surface area contributed by atoms with E-state index in [9.17, 15) is 25.2 Å². The normalized spacial score (nSPS) is 22.9. The van der Waals surface area contributed by atoms with E-state index in [1.165, 1.54) is 6.07 Å². The summed E-state index contributed by atoms with van der Waals surface area (Å²) in [6.45, 7) is 4.54. The maximum Gasteiger partial charge on any atom is 0.187 e. The molecule has 58 heavy (non-hydrogen) atoms. The minimum atomic E-state index is -1.11. The lowest BCUT2D eigenvalue weighted by molar-refractivity contribution is -0.127. The Morgan fingerprint density at radius 2 is 1.86 bits per heavy atom. The van der Waals surface area contributed by atoms with Crippen LogP contribution in [0.4, 0.5) is 0 Å². The number of nitrogens with two attached hydrogens (primary N) is 2. The van der Waals surface area contributed by atoms with Crippen LogP contribution >= 0.6 is 0 Å². The Kier molecular flexibility index (Phi) is 13.0. The highest BCUT2D eigenvalue weighted by atomic mass is 16.5. The number of nitrogens with zero attached hydrogens (tertiary/aromatic N) is 2. The van der Waals surface area contributed by atoms with Crippen molar-refractivity contribution in [2.24, 2.45) is 33.7 Å². The average molecular weight is 791 g/mol. The molecule has 11 heteroatoms. The van der Waals surface area contributed by atoms with Crippen molar-refractivity contribution in [3.63, 3.8) is 0 Å². The number of benzene rings is 2. The molecule has 308 valence electrons. The number of carbonyl (C=O) groups is 1. The minimum Gasteiger partial charge on any atom is -0.508 e. The average Bonchev–Trinajstić information content (AvgIpc) is 3.94. The molecule has 4 aliphatic heterocycles. The fourth-order valence-corrected chi connectivity index (χ4v) is 9.28. The molecule has 1 saturated carbocycles. The van der Waals surface area contributed by atoms with E-state index in [1.54, 1.807) is 6.07 Å². The second kappa shape index (κ2) is 18.1. The predicted octanol–water partition coefficient (Wildman–Crippen LogP) is 5.98. The summed E-state index contributed by atoms with van der Waals surface area (Å²) in [5.41, 5.74) is 17.2. The lowest BCUT2D eigenvalue weighted by Gasteiger charge is -2.39. The number of phenolic OH excluding ortho intramolecular Hbond substituents is 1. The monoisotopic (exact) mass is 790 g/mol. The number of Topliss-reactive ketones (excluding diaryl/α,β-unsaturated/α-hetero) is 1. The van der Waals surface area contributed by atoms with Gasteiger partial charge in [0.15, 0.2) is 17.7 Å². The quantitative estimate of drug-likeness (QED) is 0.0756. The molecule has 2 aromatic rings. The van der Waals surface area contributed by atoms with Crippen LogP contribution in [0.2, 0.25) is 0 Å². The number of aliphatic imine (C=N–C) groups is 1. The van der Waals surface area contributed by atoms with Gasteiger partial charge in [0.2, 0.25) is 0 Å². The zero-order chi connectivity index (χ0) is 41.0. The predicted molar refractivity (Wildman–Crippen MR) is 222 cm³/mol. The summed E-state index contributed by atoms with van der Waals surface area (Å²) in [5, 5.41) is 44.6. The Hall–Kier alpha value is -4.62. The summed E-state index contributed by atoms with van der Waals surface area (Å²) < 4.78 is 13.1. The fourth-order valence-electron chi connectivity index (χ4n) is 9.28. The third kappa shape index (κ3) is 8.85. The number of carbonyl (C=O) groups excluding carboxylic acids is 1. The molecular formula is C47H58N4O7. The number of aliphatic hydroxyl groups excluding tert-OH is 3. The zero-order valence-corrected chi connectivity index (χ0v) is 33.8. The van der Waals surface area contributed by atoms with Gasteiger partial charge < -0.3 is 46.3 Å². The Bertz CT molecular complexity index is 2080. The molecule has 1 fully saturated rings. The number of hydrogen-bond donors (Lipinski definition) is 6. The van der Waals surface area contributed by atoms with Crippen molar-refractivity contribution in [3.8, 4) is 41.1 Å². The zero-order valence-electron chi connectivity index (χ0n) is 33.8. The molecule has 8 N–H and O–H groups in total. The first kappa shape index (κ1) is 41.5. The number of aliphatic hydroxyl groups is 3. The fraction of sp³-hybridized carbons (Fsp3) is 0.532. The van der Waals surface area contributed by atoms with Gasteiger partial charge >= 0.3 is 0 Å². The van der Waals surface area contributed by atoms with Gasteiger partial charge in [-0.1, -0.05) is 88.3 Å². The number of fused-ring (bicyclic) bond motifs is 6. The third-order valence-corrected chi connectivity index (χ3v) is 12.6. The summed E-state index contributed by atoms with van der Waals surface area (Å²) in [6.07, 6.45) is 11.9. The van der Waals surface area contributed by atoms with Crippen LogP contribution in [0.5, 0.6) is 17.2 Å². The molecule has 11 nitrogen and oxygen atoms in total. The first-order valence-electron chi connectivity index (χ1n) is 21.2. The number of allylic oxidation sites excluding steroid dienone is 1. The second-order valence-corrected chi connectivity index (χ2v) is 16.7. The molecule has 4 heterocycles. The van der Waals surface area contributed by atoms with E-state index in [2.05, 4.69) is 41.9 Å². The van der Waals surface area contributed by atoms with Gasteiger partial charge in [-0.2, -0.15) is 0 Å². The van der Waals surface area contributed by atoms with Crippen molar-refractivity contribution < 1.29 is 34.7 Å². The number of aryl methyl sites for hydroxylation is 1. The standard InChI is InChI=1S/C47H58N4O7/c1-3-5-6-10-35(42(56)24-33(52)9-4-2)40(54)15-12-29-23-44-43(25-41(29)55)57-20-19-47(17-7-8-18-47)37-14-16-39(53)34-13-11-30(45(48)49)21-31(34)22-32-26-50-38-28-51(27-36(32)38)46(37)58-44/h11,13,21,23,25-27,33,35,37,39,42,45-46,52-53,55-56H,3-10,12,15,17-18,22,24,28,48-49H2,1-2H3/t33-,35-,37-,39+,42-,46-/m1/s1. The maximum atomic E-state index is 13.8. The van der Waals surface area contributed by atoms with Crippen molar-refractivity contribution in [1.29, 1.82) is 0 Å². The molecule has 0 aromatic heterocycles. The Balaban J connectivity index is 1.23. The summed E-state index contributed by atoms with van der Waals surface area (Å²) in [7, 11) is 0. The molecule has 1 aliphatic carbocycles. The van der Waals surface area contributed by atoms with Crippen LogP contribution in [0.1, 0.15) is 125 Å². The van der Waals surface area contributed by atoms with Crippen LogP contribution in [0, 0.1) is 41.1 Å². The highest BCUT2D eigenvalue weighted by Crippen LogP contribution is 2.49. The third-order valence-electron chi connectivity index (χ3n) is 12.6. The van der Waals surface area contributed by atoms with Gasteiger partial charge in [-0.3, -0.25) is 9.79 Å². The van der Waals surface area contributed by atoms with Crippen molar-refractivity contribution in [2.45, 2.75) is 134 Å². The van der Waals surface area contributed by atoms with Gasteiger partial charge in [0.05, 0.1) is 42.0 Å². The number of aromatic hydroxyl groups is 1. The highest BCUT2D eigenvalue weighted by Gasteiger charge is 2.48. The van der Waals surface area contributed by atoms with Crippen LogP contribution in [-0.4, -0.2) is 61.8 Å². The van der Waals surface area contributed by atoms with Crippen LogP contribution in [-0.2, 0) is 17.6 Å². The van der Waals surface area contributed by atoms with Gasteiger partial charge in [0.25, 0.3) is 0 Å². The summed E-state index contributed by atoms with van der Waals surface area (Å²) in [5.74, 6) is 9.50. The van der Waals surface area contributed by atoms with Crippen molar-refractivity contribution in [2.75, 3.05) is 6.54 Å². The lowest BCUT2D eigenvalue weighted by Crippen LogP contribution is -2.47. The molecule has 0 amide bonds. The van der Waals surface area contributed by atoms with E-state index >= 15 is 0 Å². The van der Waals surface area contributed by atoms with E-state index in [0.717, 1.165) is 79.4 Å². The Morgan fingerprint density at radius 1 is 1.05 bits per heavy atom. The SMILES string of the molecule is CCCCC[C@H](C(=O)CCc1cc2c(cc1O)OC#CC1(CCCC1)[C@@H]1C#C[C@H](O)c3ccc(C(N)N)cc3CC3=CN=C4CN(C=C34)[C@@H]1O2)[C@H](O)C[C@H](O)CCC. The van der Waals surface area contributed by atoms with Gasteiger partial charge in [0, 0.05) is 42.8 Å². The van der Waals surface area contributed by atoms with Crippen LogP contribution in [0.25, 0.3) is 0 Å². The Labute approximate surface area is 342 Å². The number of phenols is 1. The number of unbranched alkanes of at least 4 members (excludes halogenated alkanes) is 2. The molecule has 0 unspecified atom stereocenters. The van der Waals surface area contributed by atoms with E-state index in [1.807, 2.05) is 31.3 Å². The van der Waals surface area contributed by atoms with Crippen molar-refractivity contribution in [3.05, 3.63) is 76.1 Å². The summed E-state index contributed by atoms with van der Waals surface area (Å²) >= 11 is 0. The number of hydrogen-bond acceptors (Lipinski definition) is 11. The van der Waals surface area contributed by atoms with E-state index in [4.69, 9.17) is 25.9 Å². The molecule has 7 rings (SSSR count). The molecule has 0 saturated heterocycles. The number of ketones is 1. The molecule has 1 spiro atoms. The molecule has 0 radical (unpaired) electrons. The Morgan fingerprint density at radius 3 is 2.62 bits per heavy atom. The minimum absolute atomic E-state index is 0.0502. The van der Waals surface area contributed by atoms with Gasteiger partial charge in [-0.15, -0.1) is 0 Å². The van der Waals surface area contributed by atoms with Crippen LogP contribution in [0.15, 0.2) is 58.9 Å². The molecule has 2 bridgehead atoms. The first-order valence-corrected chi connectivity index (χ1v) is 21.2. The van der Waals surface area contributed by atoms with Crippen molar-refractivity contribution >= 4 is 11.5 Å². The van der Waals surface area contributed by atoms with E-state index in [-0.39, 0.29) is 36.5 Å². The maximum absolute atomic E-state index is 13.8. The second-order valence-electron chi connectivity index (χ2n) is 16.7. The van der Waals surface area contributed by atoms with Crippen LogP contribution in [0.3, 0.4) is 0 Å². The number of ether oxygens (including phenoxy) is 2. The topological polar surface area (TPSA) is 184 Å². The lowest BCUT2D eigenvalue weighted by atomic mass is 9.73. The van der Waals surface area contributed by atoms with Crippen LogP contribution < -0.4 is 20.9 Å². The van der Waals surface area contributed by atoms with Crippen molar-refractivity contribution in [1.82, 2.24) is 4.90 Å². The van der Waals surface area contributed by atoms with Gasteiger partial charge in [-0.05, 0) is 72.4 Å². The molecule has 5 aliphatic rings. The molecule has 2 aromatic carbocycles. The van der Waals surface area contributed by atoms with Gasteiger partial charge in [-0.25, -0.2) is 0 Å². The molecular weight excluding hydrogens is 733 g/mol. The summed E-state index contributed by atoms with van der Waals surface area (Å²) in [6, 6.07) is 8.84. The summed E-state index contributed by atoms with van der Waals surface area (Å²) in [4.78, 5) is 20.7. The van der Waals surface area contributed by atoms with E-state index < -0.39 is 48.0 Å². The largest absolute Gasteiger partial charge is 0.508 e. The van der Waals surface area contributed by atoms with Gasteiger partial charge in [0.1, 0.15) is 23.7 Å². The van der Waals surface area contributed by atoms with E-state index in [0.29, 0.717) is 42.7 Å². The smallest absolute Gasteiger partial charge is 0.187 e. The number of rotatable bonds is 14.